The van der Waals surface area contributed by atoms with Crippen LogP contribution in [0.4, 0.5) is 5.69 Å². The van der Waals surface area contributed by atoms with Crippen LogP contribution in [0.1, 0.15) is 50.3 Å². The molecule has 3 aromatic carbocycles. The van der Waals surface area contributed by atoms with Gasteiger partial charge in [-0.3, -0.25) is 9.10 Å². The monoisotopic (exact) mass is 520 g/mol. The molecule has 1 saturated carbocycles. The number of benzene rings is 3. The van der Waals surface area contributed by atoms with Gasteiger partial charge in [-0.1, -0.05) is 62.7 Å². The zero-order valence-electron chi connectivity index (χ0n) is 22.3. The van der Waals surface area contributed by atoms with Crippen LogP contribution in [0, 0.1) is 6.92 Å². The Bertz CT molecular complexity index is 1340. The predicted molar refractivity (Wildman–Crippen MR) is 147 cm³/mol. The minimum atomic E-state index is -3.98. The number of methoxy groups -OCH3 is 1. The zero-order chi connectivity index (χ0) is 26.8. The number of ether oxygens (including phenoxy) is 1. The van der Waals surface area contributed by atoms with Crippen molar-refractivity contribution in [1.82, 2.24) is 4.90 Å². The van der Waals surface area contributed by atoms with Crippen LogP contribution in [0.2, 0.25) is 0 Å². The number of carbonyl (C=O) groups is 1. The Morgan fingerprint density at radius 3 is 2.19 bits per heavy atom. The number of rotatable bonds is 9. The lowest BCUT2D eigenvalue weighted by molar-refractivity contribution is -0.130. The highest BCUT2D eigenvalue weighted by molar-refractivity contribution is 7.92. The van der Waals surface area contributed by atoms with Gasteiger partial charge in [0.25, 0.3) is 10.0 Å². The molecule has 0 unspecified atom stereocenters. The highest BCUT2D eigenvalue weighted by Crippen LogP contribution is 2.31. The van der Waals surface area contributed by atoms with Gasteiger partial charge in [-0.15, -0.1) is 0 Å². The molecule has 0 heterocycles. The summed E-state index contributed by atoms with van der Waals surface area (Å²) in [7, 11) is -2.37. The molecule has 0 radical (unpaired) electrons. The summed E-state index contributed by atoms with van der Waals surface area (Å²) in [4.78, 5) is 15.7. The summed E-state index contributed by atoms with van der Waals surface area (Å²) in [5.41, 5.74) is 3.38. The lowest BCUT2D eigenvalue weighted by Crippen LogP contribution is -2.43. The van der Waals surface area contributed by atoms with Gasteiger partial charge < -0.3 is 9.64 Å². The number of aryl methyl sites for hydroxylation is 1. The van der Waals surface area contributed by atoms with Crippen molar-refractivity contribution in [1.29, 1.82) is 0 Å². The van der Waals surface area contributed by atoms with E-state index >= 15 is 0 Å². The van der Waals surface area contributed by atoms with E-state index in [1.807, 2.05) is 55.5 Å². The first-order valence-corrected chi connectivity index (χ1v) is 14.1. The molecule has 0 aliphatic heterocycles. The number of hydrogen-bond acceptors (Lipinski definition) is 4. The third-order valence-corrected chi connectivity index (χ3v) is 8.49. The van der Waals surface area contributed by atoms with Crippen LogP contribution >= 0.6 is 0 Å². The number of hydrogen-bond donors (Lipinski definition) is 0. The maximum Gasteiger partial charge on any atom is 0.264 e. The fourth-order valence-electron chi connectivity index (χ4n) is 4.27. The van der Waals surface area contributed by atoms with E-state index < -0.39 is 10.0 Å². The molecule has 0 spiro atoms. The third kappa shape index (κ3) is 6.34. The summed E-state index contributed by atoms with van der Waals surface area (Å²) in [6.45, 7) is 8.34. The molecular formula is C30H36N2O4S. The molecule has 4 rings (SSSR count). The van der Waals surface area contributed by atoms with Gasteiger partial charge in [0, 0.05) is 12.6 Å². The molecule has 1 aliphatic carbocycles. The number of anilines is 1. The summed E-state index contributed by atoms with van der Waals surface area (Å²) < 4.78 is 34.4. The molecule has 1 amide bonds. The Balaban J connectivity index is 1.65. The highest BCUT2D eigenvalue weighted by Gasteiger charge is 2.36. The van der Waals surface area contributed by atoms with E-state index in [2.05, 4.69) is 20.8 Å². The predicted octanol–water partition coefficient (Wildman–Crippen LogP) is 5.69. The van der Waals surface area contributed by atoms with Gasteiger partial charge in [0.2, 0.25) is 5.91 Å². The summed E-state index contributed by atoms with van der Waals surface area (Å²) in [5.74, 6) is 0.504. The van der Waals surface area contributed by atoms with E-state index in [9.17, 15) is 13.2 Å². The quantitative estimate of drug-likeness (QED) is 0.364. The van der Waals surface area contributed by atoms with Crippen LogP contribution in [-0.4, -0.2) is 38.9 Å². The average molecular weight is 521 g/mol. The van der Waals surface area contributed by atoms with Gasteiger partial charge in [0.1, 0.15) is 12.3 Å². The fourth-order valence-corrected chi connectivity index (χ4v) is 5.68. The number of amides is 1. The first-order valence-electron chi connectivity index (χ1n) is 12.6. The minimum absolute atomic E-state index is 0.0974. The Labute approximate surface area is 220 Å². The van der Waals surface area contributed by atoms with Crippen LogP contribution in [-0.2, 0) is 26.8 Å². The van der Waals surface area contributed by atoms with E-state index in [1.165, 1.54) is 4.31 Å². The van der Waals surface area contributed by atoms with Crippen molar-refractivity contribution in [2.75, 3.05) is 18.0 Å². The lowest BCUT2D eigenvalue weighted by atomic mass is 9.87. The van der Waals surface area contributed by atoms with Crippen molar-refractivity contribution in [3.63, 3.8) is 0 Å². The molecule has 37 heavy (non-hydrogen) atoms. The molecule has 0 N–H and O–H groups in total. The molecule has 1 fully saturated rings. The maximum absolute atomic E-state index is 13.9. The van der Waals surface area contributed by atoms with E-state index in [4.69, 9.17) is 4.74 Å². The minimum Gasteiger partial charge on any atom is -0.497 e. The van der Waals surface area contributed by atoms with Gasteiger partial charge in [0.05, 0.1) is 17.7 Å². The third-order valence-electron chi connectivity index (χ3n) is 6.70. The van der Waals surface area contributed by atoms with Crippen LogP contribution in [0.3, 0.4) is 0 Å². The second-order valence-electron chi connectivity index (χ2n) is 10.7. The van der Waals surface area contributed by atoms with Crippen LogP contribution in [0.15, 0.2) is 77.7 Å². The van der Waals surface area contributed by atoms with Gasteiger partial charge in [-0.2, -0.15) is 0 Å². The summed E-state index contributed by atoms with van der Waals surface area (Å²) in [6.07, 6.45) is 1.84. The summed E-state index contributed by atoms with van der Waals surface area (Å²) in [5, 5.41) is 0. The van der Waals surface area contributed by atoms with Crippen molar-refractivity contribution >= 4 is 21.6 Å². The molecule has 7 heteroatoms. The van der Waals surface area contributed by atoms with Crippen molar-refractivity contribution in [2.45, 2.75) is 63.4 Å². The van der Waals surface area contributed by atoms with Crippen molar-refractivity contribution in [3.05, 3.63) is 89.5 Å². The van der Waals surface area contributed by atoms with Crippen molar-refractivity contribution < 1.29 is 17.9 Å². The fraction of sp³-hybridized carbons (Fsp3) is 0.367. The molecule has 0 atom stereocenters. The lowest BCUT2D eigenvalue weighted by Gasteiger charge is -2.29. The molecular weight excluding hydrogens is 484 g/mol. The Kier molecular flexibility index (Phi) is 7.64. The number of sulfonamides is 1. The van der Waals surface area contributed by atoms with E-state index in [0.29, 0.717) is 12.2 Å². The van der Waals surface area contributed by atoms with Crippen LogP contribution in [0.5, 0.6) is 5.75 Å². The Morgan fingerprint density at radius 2 is 1.62 bits per heavy atom. The first kappa shape index (κ1) is 26.7. The number of carbonyl (C=O) groups excluding carboxylic acids is 1. The van der Waals surface area contributed by atoms with E-state index in [-0.39, 0.29) is 28.8 Å². The second-order valence-corrected chi connectivity index (χ2v) is 12.6. The maximum atomic E-state index is 13.9. The Hall–Kier alpha value is -3.32. The SMILES string of the molecule is COc1cccc(CN(C(=O)CN(c2ccc(C)cc2)S(=O)(=O)c2ccc(C(C)(C)C)cc2)C2CC2)c1. The molecule has 6 nitrogen and oxygen atoms in total. The van der Waals surface area contributed by atoms with Gasteiger partial charge in [-0.25, -0.2) is 8.42 Å². The number of nitrogens with zero attached hydrogens (tertiary/aromatic N) is 2. The zero-order valence-corrected chi connectivity index (χ0v) is 23.1. The highest BCUT2D eigenvalue weighted by atomic mass is 32.2. The largest absolute Gasteiger partial charge is 0.497 e. The summed E-state index contributed by atoms with van der Waals surface area (Å²) in [6, 6.07) is 21.9. The molecule has 0 saturated heterocycles. The first-order chi connectivity index (χ1) is 17.5. The molecule has 196 valence electrons. The summed E-state index contributed by atoms with van der Waals surface area (Å²) >= 11 is 0. The van der Waals surface area contributed by atoms with Crippen LogP contribution < -0.4 is 9.04 Å². The average Bonchev–Trinajstić information content (AvgIpc) is 3.71. The normalized spacial score (nSPS) is 13.8. The molecule has 1 aliphatic rings. The molecule has 0 aromatic heterocycles. The standard InChI is InChI=1S/C30H36N2O4S/c1-22-9-13-26(14-10-22)32(37(34,35)28-17-11-24(12-18-28)30(2,3)4)21-29(33)31(25-15-16-25)20-23-7-6-8-27(19-23)36-5/h6-14,17-19,25H,15-16,20-21H2,1-5H3. The van der Waals surface area contributed by atoms with Gasteiger partial charge in [-0.05, 0) is 72.7 Å². The van der Waals surface area contributed by atoms with Gasteiger partial charge >= 0.3 is 0 Å². The van der Waals surface area contributed by atoms with Crippen LogP contribution in [0.25, 0.3) is 0 Å². The Morgan fingerprint density at radius 1 is 0.973 bits per heavy atom. The van der Waals surface area contributed by atoms with Crippen molar-refractivity contribution in [2.24, 2.45) is 0 Å². The van der Waals surface area contributed by atoms with E-state index in [0.717, 1.165) is 35.3 Å². The topological polar surface area (TPSA) is 66.9 Å². The van der Waals surface area contributed by atoms with Gasteiger partial charge in [0.15, 0.2) is 0 Å². The van der Waals surface area contributed by atoms with E-state index in [1.54, 1.807) is 36.3 Å². The smallest absolute Gasteiger partial charge is 0.264 e. The second kappa shape index (κ2) is 10.6. The molecule has 3 aromatic rings. The molecule has 0 bridgehead atoms. The van der Waals surface area contributed by atoms with Crippen molar-refractivity contribution in [3.8, 4) is 5.75 Å².